The summed E-state index contributed by atoms with van der Waals surface area (Å²) in [4.78, 5) is 16.7. The summed E-state index contributed by atoms with van der Waals surface area (Å²) in [7, 11) is 0. The molecular weight excluding hydrogens is 286 g/mol. The molecule has 3 heterocycles. The van der Waals surface area contributed by atoms with Crippen molar-refractivity contribution in [3.63, 3.8) is 0 Å². The van der Waals surface area contributed by atoms with Crippen molar-refractivity contribution in [3.05, 3.63) is 17.0 Å². The van der Waals surface area contributed by atoms with Crippen LogP contribution in [0.2, 0.25) is 0 Å². The molecule has 2 aliphatic rings. The Morgan fingerprint density at radius 2 is 2.29 bits per heavy atom. The van der Waals surface area contributed by atoms with Gasteiger partial charge >= 0.3 is 0 Å². The van der Waals surface area contributed by atoms with Gasteiger partial charge in [-0.2, -0.15) is 5.26 Å². The second kappa shape index (κ2) is 6.14. The quantitative estimate of drug-likeness (QED) is 0.917. The summed E-state index contributed by atoms with van der Waals surface area (Å²) in [5.74, 6) is 0.393. The van der Waals surface area contributed by atoms with Crippen LogP contribution in [-0.4, -0.2) is 48.2 Å². The van der Waals surface area contributed by atoms with Gasteiger partial charge in [-0.3, -0.25) is 9.69 Å². The Morgan fingerprint density at radius 1 is 1.43 bits per heavy atom. The smallest absolute Gasteiger partial charge is 0.245 e. The van der Waals surface area contributed by atoms with Gasteiger partial charge in [-0.15, -0.1) is 11.3 Å². The Morgan fingerprint density at radius 3 is 3.05 bits per heavy atom. The number of aliphatic hydroxyl groups excluding tert-OH is 1. The number of carbonyl (C=O) groups is 1. The first-order chi connectivity index (χ1) is 10.2. The number of nitrogens with zero attached hydrogens (tertiary/aromatic N) is 3. The first-order valence-corrected chi connectivity index (χ1v) is 8.26. The molecule has 2 saturated heterocycles. The van der Waals surface area contributed by atoms with Crippen LogP contribution in [0.15, 0.2) is 11.4 Å². The topological polar surface area (TPSA) is 67.6 Å². The van der Waals surface area contributed by atoms with Gasteiger partial charge in [0.1, 0.15) is 11.1 Å². The Hall–Kier alpha value is -1.42. The lowest BCUT2D eigenvalue weighted by Gasteiger charge is -2.35. The lowest BCUT2D eigenvalue weighted by Crippen LogP contribution is -2.47. The van der Waals surface area contributed by atoms with Crippen molar-refractivity contribution in [3.8, 4) is 6.07 Å². The molecule has 0 spiro atoms. The number of nitriles is 1. The lowest BCUT2D eigenvalue weighted by molar-refractivity contribution is -0.122. The third-order valence-corrected chi connectivity index (χ3v) is 5.37. The zero-order valence-electron chi connectivity index (χ0n) is 11.9. The molecule has 21 heavy (non-hydrogen) atoms. The Balaban J connectivity index is 1.73. The highest BCUT2D eigenvalue weighted by atomic mass is 32.1. The molecule has 1 aromatic rings. The van der Waals surface area contributed by atoms with E-state index >= 15 is 0 Å². The molecule has 3 rings (SSSR count). The molecule has 1 aromatic heterocycles. The van der Waals surface area contributed by atoms with Crippen molar-refractivity contribution in [2.45, 2.75) is 25.3 Å². The number of aliphatic hydroxyl groups is 1. The fourth-order valence-corrected chi connectivity index (χ4v) is 4.21. The first-order valence-electron chi connectivity index (χ1n) is 7.38. The van der Waals surface area contributed by atoms with Crippen LogP contribution >= 0.6 is 11.3 Å². The molecule has 1 amide bonds. The first kappa shape index (κ1) is 14.5. The van der Waals surface area contributed by atoms with Crippen molar-refractivity contribution in [1.29, 1.82) is 5.26 Å². The number of carbonyl (C=O) groups excluding carboxylic acids is 1. The number of anilines is 1. The summed E-state index contributed by atoms with van der Waals surface area (Å²) in [6, 6.07) is 3.83. The van der Waals surface area contributed by atoms with Crippen LogP contribution in [0.25, 0.3) is 0 Å². The third-order valence-electron chi connectivity index (χ3n) is 4.44. The Labute approximate surface area is 128 Å². The average molecular weight is 305 g/mol. The van der Waals surface area contributed by atoms with Gasteiger partial charge in [-0.05, 0) is 43.2 Å². The summed E-state index contributed by atoms with van der Waals surface area (Å²) >= 11 is 1.45. The zero-order valence-corrected chi connectivity index (χ0v) is 12.7. The van der Waals surface area contributed by atoms with E-state index < -0.39 is 0 Å². The highest BCUT2D eigenvalue weighted by Crippen LogP contribution is 2.33. The van der Waals surface area contributed by atoms with Gasteiger partial charge in [-0.1, -0.05) is 0 Å². The van der Waals surface area contributed by atoms with E-state index in [1.54, 1.807) is 11.0 Å². The molecule has 0 aliphatic carbocycles. The maximum Gasteiger partial charge on any atom is 0.245 e. The molecule has 2 unspecified atom stereocenters. The van der Waals surface area contributed by atoms with Gasteiger partial charge < -0.3 is 10.0 Å². The van der Waals surface area contributed by atoms with Crippen molar-refractivity contribution in [2.75, 3.05) is 31.1 Å². The van der Waals surface area contributed by atoms with E-state index in [0.29, 0.717) is 12.1 Å². The minimum atomic E-state index is -0.0898. The zero-order chi connectivity index (χ0) is 14.8. The molecule has 6 heteroatoms. The van der Waals surface area contributed by atoms with Crippen molar-refractivity contribution in [1.82, 2.24) is 4.90 Å². The molecule has 0 aromatic carbocycles. The number of hydrogen-bond donors (Lipinski definition) is 1. The van der Waals surface area contributed by atoms with Crippen LogP contribution in [-0.2, 0) is 4.79 Å². The highest BCUT2D eigenvalue weighted by molar-refractivity contribution is 7.14. The Kier molecular flexibility index (Phi) is 4.24. The summed E-state index contributed by atoms with van der Waals surface area (Å²) in [6.07, 6.45) is 2.89. The predicted octanol–water partition coefficient (Wildman–Crippen LogP) is 1.43. The Bertz CT molecular complexity index is 566. The van der Waals surface area contributed by atoms with E-state index in [1.807, 2.05) is 5.38 Å². The molecule has 0 saturated carbocycles. The summed E-state index contributed by atoms with van der Waals surface area (Å²) < 4.78 is 0. The molecular formula is C15H19N3O2S. The predicted molar refractivity (Wildman–Crippen MR) is 81.2 cm³/mol. The van der Waals surface area contributed by atoms with Gasteiger partial charge in [0.2, 0.25) is 5.91 Å². The lowest BCUT2D eigenvalue weighted by atomic mass is 9.97. The van der Waals surface area contributed by atoms with E-state index in [1.165, 1.54) is 11.3 Å². The summed E-state index contributed by atoms with van der Waals surface area (Å²) in [5.41, 5.74) is 0.584. The molecule has 2 aliphatic heterocycles. The van der Waals surface area contributed by atoms with E-state index in [0.717, 1.165) is 37.4 Å². The highest BCUT2D eigenvalue weighted by Gasteiger charge is 2.39. The van der Waals surface area contributed by atoms with Gasteiger partial charge in [-0.25, -0.2) is 0 Å². The van der Waals surface area contributed by atoms with Crippen LogP contribution in [0.4, 0.5) is 5.00 Å². The fourth-order valence-electron chi connectivity index (χ4n) is 3.33. The monoisotopic (exact) mass is 305 g/mol. The number of amides is 1. The van der Waals surface area contributed by atoms with E-state index in [-0.39, 0.29) is 24.5 Å². The average Bonchev–Trinajstić information content (AvgIpc) is 3.13. The standard InChI is InChI=1S/C15H19N3O2S/c16-8-12-4-7-21-15(12)18-6-3-13(14(18)20)17-5-1-2-11(9-17)10-19/h4,7,11,13,19H,1-3,5-6,9-10H2. The number of likely N-dealkylation sites (tertiary alicyclic amines) is 1. The minimum Gasteiger partial charge on any atom is -0.396 e. The van der Waals surface area contributed by atoms with Crippen LogP contribution < -0.4 is 4.90 Å². The van der Waals surface area contributed by atoms with Crippen LogP contribution in [0.3, 0.4) is 0 Å². The fraction of sp³-hybridized carbons (Fsp3) is 0.600. The van der Waals surface area contributed by atoms with E-state index in [2.05, 4.69) is 11.0 Å². The van der Waals surface area contributed by atoms with Gasteiger partial charge in [0.15, 0.2) is 0 Å². The van der Waals surface area contributed by atoms with Crippen molar-refractivity contribution < 1.29 is 9.90 Å². The van der Waals surface area contributed by atoms with Gasteiger partial charge in [0, 0.05) is 19.7 Å². The van der Waals surface area contributed by atoms with Gasteiger partial charge in [0.25, 0.3) is 0 Å². The molecule has 112 valence electrons. The molecule has 2 atom stereocenters. The van der Waals surface area contributed by atoms with Crippen LogP contribution in [0.5, 0.6) is 0 Å². The van der Waals surface area contributed by atoms with Gasteiger partial charge in [0.05, 0.1) is 11.6 Å². The molecule has 2 fully saturated rings. The van der Waals surface area contributed by atoms with Crippen LogP contribution in [0, 0.1) is 17.2 Å². The molecule has 0 radical (unpaired) electrons. The van der Waals surface area contributed by atoms with Crippen molar-refractivity contribution in [2.24, 2.45) is 5.92 Å². The van der Waals surface area contributed by atoms with Crippen molar-refractivity contribution >= 4 is 22.2 Å². The number of thiophene rings is 1. The second-order valence-electron chi connectivity index (χ2n) is 5.73. The van der Waals surface area contributed by atoms with Crippen LogP contribution in [0.1, 0.15) is 24.8 Å². The minimum absolute atomic E-state index is 0.0898. The largest absolute Gasteiger partial charge is 0.396 e. The van der Waals surface area contributed by atoms with E-state index in [4.69, 9.17) is 5.26 Å². The maximum absolute atomic E-state index is 12.7. The maximum atomic E-state index is 12.7. The molecule has 5 nitrogen and oxygen atoms in total. The SMILES string of the molecule is N#Cc1ccsc1N1CCC(N2CCCC(CO)C2)C1=O. The number of rotatable bonds is 3. The second-order valence-corrected chi connectivity index (χ2v) is 6.63. The number of piperidine rings is 1. The normalized spacial score (nSPS) is 27.0. The molecule has 1 N–H and O–H groups in total. The summed E-state index contributed by atoms with van der Waals surface area (Å²) in [6.45, 7) is 2.61. The third kappa shape index (κ3) is 2.69. The summed E-state index contributed by atoms with van der Waals surface area (Å²) in [5, 5.41) is 21.1. The van der Waals surface area contributed by atoms with E-state index in [9.17, 15) is 9.90 Å². The number of hydrogen-bond acceptors (Lipinski definition) is 5. The molecule has 0 bridgehead atoms.